The van der Waals surface area contributed by atoms with Gasteiger partial charge in [0.15, 0.2) is 0 Å². The normalized spacial score (nSPS) is 8.17. The van der Waals surface area contributed by atoms with Crippen molar-refractivity contribution in [2.75, 3.05) is 0 Å². The molecular formula is C18H21MnO3Si2-. The molecule has 0 saturated carbocycles. The summed E-state index contributed by atoms with van der Waals surface area (Å²) in [6, 6.07) is 6.19. The van der Waals surface area contributed by atoms with Crippen LogP contribution in [0.1, 0.15) is 11.1 Å². The van der Waals surface area contributed by atoms with Crippen LogP contribution in [0.3, 0.4) is 0 Å². The summed E-state index contributed by atoms with van der Waals surface area (Å²) in [5.41, 5.74) is 8.98. The van der Waals surface area contributed by atoms with Crippen LogP contribution in [0.2, 0.25) is 39.3 Å². The molecule has 127 valence electrons. The molecule has 1 aromatic rings. The zero-order chi connectivity index (χ0) is 19.1. The Balaban J connectivity index is -0.000000256. The van der Waals surface area contributed by atoms with Crippen molar-refractivity contribution in [2.24, 2.45) is 0 Å². The SMILES string of the molecule is C[Si](C)(C)C#Cc1ccc[c-]1C#C[Si](C)(C)C.[C-]#[O+].[C-]#[O+].[C-]#[O+].[Mn]. The van der Waals surface area contributed by atoms with Gasteiger partial charge in [0.2, 0.25) is 0 Å². The Morgan fingerprint density at radius 1 is 0.833 bits per heavy atom. The van der Waals surface area contributed by atoms with E-state index >= 15 is 0 Å². The third-order valence-electron chi connectivity index (χ3n) is 1.96. The quantitative estimate of drug-likeness (QED) is 0.278. The fourth-order valence-corrected chi connectivity index (χ4v) is 2.17. The first-order valence-electron chi connectivity index (χ1n) is 6.61. The van der Waals surface area contributed by atoms with E-state index in [0.717, 1.165) is 11.1 Å². The Kier molecular flexibility index (Phi) is 21.0. The first-order chi connectivity index (χ1) is 10.7. The summed E-state index contributed by atoms with van der Waals surface area (Å²) in [4.78, 5) is 0. The van der Waals surface area contributed by atoms with Gasteiger partial charge in [-0.25, -0.2) is 5.54 Å². The molecule has 0 heterocycles. The van der Waals surface area contributed by atoms with Crippen LogP contribution in [0.15, 0.2) is 18.2 Å². The molecule has 0 aromatic heterocycles. The average Bonchev–Trinajstić information content (AvgIpc) is 2.95. The van der Waals surface area contributed by atoms with E-state index < -0.39 is 16.1 Å². The fraction of sp³-hybridized carbons (Fsp3) is 0.333. The molecule has 0 amide bonds. The Morgan fingerprint density at radius 2 is 1.25 bits per heavy atom. The zero-order valence-electron chi connectivity index (χ0n) is 14.8. The van der Waals surface area contributed by atoms with E-state index in [-0.39, 0.29) is 17.1 Å². The fourth-order valence-electron chi connectivity index (χ4n) is 1.15. The van der Waals surface area contributed by atoms with E-state index in [1.54, 1.807) is 0 Å². The van der Waals surface area contributed by atoms with Crippen molar-refractivity contribution in [1.82, 2.24) is 0 Å². The van der Waals surface area contributed by atoms with Gasteiger partial charge >= 0.3 is 33.9 Å². The molecule has 1 aromatic carbocycles. The minimum absolute atomic E-state index is 0. The molecule has 0 unspecified atom stereocenters. The van der Waals surface area contributed by atoms with Crippen LogP contribution >= 0.6 is 0 Å². The molecule has 0 aliphatic heterocycles. The zero-order valence-corrected chi connectivity index (χ0v) is 18.0. The first kappa shape index (κ1) is 30.5. The summed E-state index contributed by atoms with van der Waals surface area (Å²) < 4.78 is 22.5. The van der Waals surface area contributed by atoms with Crippen LogP contribution in [0.4, 0.5) is 0 Å². The maximum absolute atomic E-state index is 7.50. The third kappa shape index (κ3) is 18.7. The van der Waals surface area contributed by atoms with Crippen molar-refractivity contribution in [3.63, 3.8) is 0 Å². The molecule has 0 fully saturated rings. The number of rotatable bonds is 0. The second-order valence-electron chi connectivity index (χ2n) is 6.35. The van der Waals surface area contributed by atoms with Crippen molar-refractivity contribution in [3.05, 3.63) is 49.3 Å². The summed E-state index contributed by atoms with van der Waals surface area (Å²) in [6.07, 6.45) is 0. The monoisotopic (exact) mass is 396 g/mol. The van der Waals surface area contributed by atoms with Gasteiger partial charge < -0.3 is 0 Å². The second kappa shape index (κ2) is 16.5. The maximum atomic E-state index is 7.50. The van der Waals surface area contributed by atoms with Gasteiger partial charge in [0, 0.05) is 17.1 Å². The van der Waals surface area contributed by atoms with Crippen LogP contribution in [-0.2, 0) is 31.0 Å². The van der Waals surface area contributed by atoms with Crippen molar-refractivity contribution in [2.45, 2.75) is 39.3 Å². The van der Waals surface area contributed by atoms with Crippen LogP contribution in [0.25, 0.3) is 0 Å². The Bertz CT molecular complexity index is 573. The average molecular weight is 396 g/mol. The largest absolute Gasteiger partial charge is 0 e. The molecule has 0 N–H and O–H groups in total. The van der Waals surface area contributed by atoms with Gasteiger partial charge in [-0.1, -0.05) is 44.8 Å². The predicted molar refractivity (Wildman–Crippen MR) is 94.3 cm³/mol. The van der Waals surface area contributed by atoms with E-state index in [2.05, 4.69) is 94.3 Å². The van der Waals surface area contributed by atoms with Crippen LogP contribution < -0.4 is 0 Å². The Morgan fingerprint density at radius 3 is 1.62 bits per heavy atom. The maximum Gasteiger partial charge on any atom is 0 e. The molecule has 3 nitrogen and oxygen atoms in total. The molecule has 1 radical (unpaired) electrons. The van der Waals surface area contributed by atoms with Gasteiger partial charge in [0.05, 0.1) is 8.07 Å². The molecular weight excluding hydrogens is 375 g/mol. The molecule has 0 aliphatic carbocycles. The predicted octanol–water partition coefficient (Wildman–Crippen LogP) is 3.75. The molecule has 24 heavy (non-hydrogen) atoms. The van der Waals surface area contributed by atoms with Gasteiger partial charge in [-0.05, 0) is 5.56 Å². The van der Waals surface area contributed by atoms with E-state index in [1.165, 1.54) is 0 Å². The van der Waals surface area contributed by atoms with E-state index in [0.29, 0.717) is 0 Å². The van der Waals surface area contributed by atoms with Crippen molar-refractivity contribution < 1.29 is 31.0 Å². The molecule has 0 saturated heterocycles. The standard InChI is InChI=1S/C15H21Si2.3CO.Mn/c1-16(2,3)12-10-14-8-7-9-15(14)11-13-17(4,5)6;3*1-2;/h7-9H,1-6H3;;;;/q-1;;;;. The molecule has 0 bridgehead atoms. The van der Waals surface area contributed by atoms with Gasteiger partial charge in [0.25, 0.3) is 0 Å². The van der Waals surface area contributed by atoms with Crippen molar-refractivity contribution in [3.8, 4) is 22.9 Å². The Hall–Kier alpha value is -1.36. The van der Waals surface area contributed by atoms with Crippen molar-refractivity contribution in [1.29, 1.82) is 0 Å². The first-order valence-corrected chi connectivity index (χ1v) is 13.6. The summed E-state index contributed by atoms with van der Waals surface area (Å²) in [5.74, 6) is 6.59. The van der Waals surface area contributed by atoms with Gasteiger partial charge in [-0.2, -0.15) is 23.5 Å². The van der Waals surface area contributed by atoms with Crippen molar-refractivity contribution >= 4 is 16.1 Å². The summed E-state index contributed by atoms with van der Waals surface area (Å²) in [6.45, 7) is 27.1. The molecule has 0 spiro atoms. The van der Waals surface area contributed by atoms with Crippen LogP contribution in [0.5, 0.6) is 0 Å². The second-order valence-corrected chi connectivity index (χ2v) is 15.9. The smallest absolute Gasteiger partial charge is 0 e. The van der Waals surface area contributed by atoms with Crippen LogP contribution in [0, 0.1) is 42.9 Å². The summed E-state index contributed by atoms with van der Waals surface area (Å²) >= 11 is 0. The van der Waals surface area contributed by atoms with E-state index in [4.69, 9.17) is 14.0 Å². The number of hydrogen-bond acceptors (Lipinski definition) is 0. The molecule has 1 rings (SSSR count). The van der Waals surface area contributed by atoms with Gasteiger partial charge in [-0.15, -0.1) is 12.1 Å². The summed E-state index contributed by atoms with van der Waals surface area (Å²) in [7, 11) is -2.59. The molecule has 6 heteroatoms. The summed E-state index contributed by atoms with van der Waals surface area (Å²) in [5, 5.41) is 0. The Labute approximate surface area is 158 Å². The van der Waals surface area contributed by atoms with Gasteiger partial charge in [0.1, 0.15) is 8.07 Å². The topological polar surface area (TPSA) is 59.7 Å². The number of hydrogen-bond donors (Lipinski definition) is 0. The van der Waals surface area contributed by atoms with Gasteiger partial charge in [-0.3, -0.25) is 0 Å². The van der Waals surface area contributed by atoms with Crippen LogP contribution in [-0.4, -0.2) is 16.1 Å². The third-order valence-corrected chi connectivity index (χ3v) is 3.71. The van der Waals surface area contributed by atoms with E-state index in [9.17, 15) is 0 Å². The minimum Gasteiger partial charge on any atom is 0 e. The van der Waals surface area contributed by atoms with E-state index in [1.807, 2.05) is 6.07 Å². The molecule has 0 aliphatic rings. The minimum atomic E-state index is -1.30. The molecule has 0 atom stereocenters.